The summed E-state index contributed by atoms with van der Waals surface area (Å²) >= 11 is 0. The molecule has 0 atom stereocenters. The Kier molecular flexibility index (Phi) is 4.06. The highest BCUT2D eigenvalue weighted by Crippen LogP contribution is 2.01. The molecule has 0 fully saturated rings. The minimum atomic E-state index is -0.880. The lowest BCUT2D eigenvalue weighted by Crippen LogP contribution is -1.98. The summed E-state index contributed by atoms with van der Waals surface area (Å²) in [4.78, 5) is 14.2. The van der Waals surface area contributed by atoms with E-state index in [1.54, 1.807) is 0 Å². The van der Waals surface area contributed by atoms with Gasteiger partial charge < -0.3 is 14.4 Å². The standard InChI is InChI=1S/C8H12N2O4/c1-2-13-5-6-9-7(14-10-6)3-4-8(11)12/h2-5H2,1H3,(H,11,12). The zero-order chi connectivity index (χ0) is 10.4. The predicted molar refractivity (Wildman–Crippen MR) is 45.6 cm³/mol. The molecule has 0 unspecified atom stereocenters. The Morgan fingerprint density at radius 2 is 2.43 bits per heavy atom. The number of carboxylic acid groups (broad SMARTS) is 1. The second kappa shape index (κ2) is 5.33. The highest BCUT2D eigenvalue weighted by molar-refractivity contribution is 5.66. The topological polar surface area (TPSA) is 85.5 Å². The fraction of sp³-hybridized carbons (Fsp3) is 0.625. The number of aliphatic carboxylic acids is 1. The van der Waals surface area contributed by atoms with Crippen LogP contribution in [0.2, 0.25) is 0 Å². The second-order valence-electron chi connectivity index (χ2n) is 2.64. The monoisotopic (exact) mass is 200 g/mol. The molecule has 0 spiro atoms. The van der Waals surface area contributed by atoms with E-state index in [9.17, 15) is 4.79 Å². The van der Waals surface area contributed by atoms with Crippen LogP contribution < -0.4 is 0 Å². The van der Waals surface area contributed by atoms with E-state index in [2.05, 4.69) is 10.1 Å². The molecule has 0 aromatic carbocycles. The van der Waals surface area contributed by atoms with Crippen LogP contribution in [0.5, 0.6) is 0 Å². The molecule has 0 saturated carbocycles. The van der Waals surface area contributed by atoms with Crippen molar-refractivity contribution in [3.63, 3.8) is 0 Å². The third-order valence-electron chi connectivity index (χ3n) is 1.50. The van der Waals surface area contributed by atoms with Crippen molar-refractivity contribution < 1.29 is 19.2 Å². The van der Waals surface area contributed by atoms with Crippen LogP contribution in [0, 0.1) is 0 Å². The number of carboxylic acids is 1. The van der Waals surface area contributed by atoms with Crippen LogP contribution in [0.3, 0.4) is 0 Å². The average molecular weight is 200 g/mol. The molecular weight excluding hydrogens is 188 g/mol. The second-order valence-corrected chi connectivity index (χ2v) is 2.64. The molecule has 0 aliphatic carbocycles. The van der Waals surface area contributed by atoms with E-state index in [1.807, 2.05) is 6.92 Å². The summed E-state index contributed by atoms with van der Waals surface area (Å²) in [5.41, 5.74) is 0. The minimum Gasteiger partial charge on any atom is -0.481 e. The number of aromatic nitrogens is 2. The van der Waals surface area contributed by atoms with Gasteiger partial charge in [0.25, 0.3) is 0 Å². The lowest BCUT2D eigenvalue weighted by atomic mass is 10.3. The van der Waals surface area contributed by atoms with E-state index in [-0.39, 0.29) is 12.8 Å². The normalized spacial score (nSPS) is 10.4. The van der Waals surface area contributed by atoms with Gasteiger partial charge in [0, 0.05) is 13.0 Å². The highest BCUT2D eigenvalue weighted by Gasteiger charge is 2.07. The van der Waals surface area contributed by atoms with Gasteiger partial charge in [0.1, 0.15) is 6.61 Å². The molecule has 0 aliphatic rings. The molecule has 78 valence electrons. The maximum absolute atomic E-state index is 10.2. The summed E-state index contributed by atoms with van der Waals surface area (Å²) in [6.07, 6.45) is 0.255. The molecule has 1 N–H and O–H groups in total. The van der Waals surface area contributed by atoms with Gasteiger partial charge >= 0.3 is 5.97 Å². The first-order valence-electron chi connectivity index (χ1n) is 4.33. The number of rotatable bonds is 6. The van der Waals surface area contributed by atoms with Crippen LogP contribution in [0.4, 0.5) is 0 Å². The summed E-state index contributed by atoms with van der Waals surface area (Å²) in [5, 5.41) is 12.0. The summed E-state index contributed by atoms with van der Waals surface area (Å²) in [6, 6.07) is 0. The van der Waals surface area contributed by atoms with Gasteiger partial charge in [-0.2, -0.15) is 4.98 Å². The lowest BCUT2D eigenvalue weighted by Gasteiger charge is -1.92. The van der Waals surface area contributed by atoms with Crippen molar-refractivity contribution in [1.29, 1.82) is 0 Å². The largest absolute Gasteiger partial charge is 0.481 e. The molecule has 1 aromatic rings. The molecule has 6 heteroatoms. The molecule has 1 aromatic heterocycles. The van der Waals surface area contributed by atoms with E-state index in [0.29, 0.717) is 24.9 Å². The van der Waals surface area contributed by atoms with E-state index in [1.165, 1.54) is 0 Å². The predicted octanol–water partition coefficient (Wildman–Crippen LogP) is 0.623. The van der Waals surface area contributed by atoms with Gasteiger partial charge in [-0.15, -0.1) is 0 Å². The number of carbonyl (C=O) groups is 1. The van der Waals surface area contributed by atoms with Gasteiger partial charge in [0.2, 0.25) is 5.89 Å². The smallest absolute Gasteiger partial charge is 0.303 e. The van der Waals surface area contributed by atoms with Crippen LogP contribution in [0.1, 0.15) is 25.1 Å². The summed E-state index contributed by atoms with van der Waals surface area (Å²) in [6.45, 7) is 2.75. The Balaban J connectivity index is 2.38. The fourth-order valence-corrected chi connectivity index (χ4v) is 0.858. The number of hydrogen-bond acceptors (Lipinski definition) is 5. The molecule has 0 radical (unpaired) electrons. The average Bonchev–Trinajstić information content (AvgIpc) is 2.59. The Hall–Kier alpha value is -1.43. The molecule has 0 bridgehead atoms. The molecule has 0 amide bonds. The minimum absolute atomic E-state index is 0.00370. The van der Waals surface area contributed by atoms with Crippen LogP contribution in [-0.2, 0) is 22.6 Å². The Bertz CT molecular complexity index is 297. The summed E-state index contributed by atoms with van der Waals surface area (Å²) in [5.74, 6) is -0.0936. The van der Waals surface area contributed by atoms with Crippen LogP contribution in [-0.4, -0.2) is 27.8 Å². The fourth-order valence-electron chi connectivity index (χ4n) is 0.858. The van der Waals surface area contributed by atoms with Crippen LogP contribution in [0.15, 0.2) is 4.52 Å². The van der Waals surface area contributed by atoms with Crippen LogP contribution in [0.25, 0.3) is 0 Å². The number of hydrogen-bond donors (Lipinski definition) is 1. The number of nitrogens with zero attached hydrogens (tertiary/aromatic N) is 2. The van der Waals surface area contributed by atoms with Gasteiger partial charge in [-0.3, -0.25) is 4.79 Å². The van der Waals surface area contributed by atoms with Crippen LogP contribution >= 0.6 is 0 Å². The molecule has 0 saturated heterocycles. The van der Waals surface area contributed by atoms with Gasteiger partial charge in [0.15, 0.2) is 5.82 Å². The SMILES string of the molecule is CCOCc1noc(CCC(=O)O)n1. The Labute approximate surface area is 80.9 Å². The highest BCUT2D eigenvalue weighted by atomic mass is 16.5. The molecule has 6 nitrogen and oxygen atoms in total. The molecular formula is C8H12N2O4. The van der Waals surface area contributed by atoms with Crippen molar-refractivity contribution >= 4 is 5.97 Å². The zero-order valence-electron chi connectivity index (χ0n) is 7.89. The van der Waals surface area contributed by atoms with Gasteiger partial charge in [0.05, 0.1) is 6.42 Å². The van der Waals surface area contributed by atoms with Crippen molar-refractivity contribution in [2.75, 3.05) is 6.61 Å². The lowest BCUT2D eigenvalue weighted by molar-refractivity contribution is -0.137. The third-order valence-corrected chi connectivity index (χ3v) is 1.50. The molecule has 14 heavy (non-hydrogen) atoms. The summed E-state index contributed by atoms with van der Waals surface area (Å²) in [7, 11) is 0. The van der Waals surface area contributed by atoms with E-state index in [4.69, 9.17) is 14.4 Å². The number of ether oxygens (including phenoxy) is 1. The van der Waals surface area contributed by atoms with Crippen molar-refractivity contribution in [2.45, 2.75) is 26.4 Å². The van der Waals surface area contributed by atoms with Crippen molar-refractivity contribution in [3.05, 3.63) is 11.7 Å². The first-order chi connectivity index (χ1) is 6.72. The zero-order valence-corrected chi connectivity index (χ0v) is 7.89. The van der Waals surface area contributed by atoms with Crippen molar-refractivity contribution in [1.82, 2.24) is 10.1 Å². The molecule has 1 rings (SSSR count). The molecule has 0 aliphatic heterocycles. The molecule has 1 heterocycles. The van der Waals surface area contributed by atoms with Gasteiger partial charge in [-0.25, -0.2) is 0 Å². The van der Waals surface area contributed by atoms with E-state index < -0.39 is 5.97 Å². The van der Waals surface area contributed by atoms with Crippen molar-refractivity contribution in [2.24, 2.45) is 0 Å². The van der Waals surface area contributed by atoms with Crippen molar-refractivity contribution in [3.8, 4) is 0 Å². The summed E-state index contributed by atoms with van der Waals surface area (Å²) < 4.78 is 9.86. The quantitative estimate of drug-likeness (QED) is 0.724. The Morgan fingerprint density at radius 1 is 1.64 bits per heavy atom. The van der Waals surface area contributed by atoms with E-state index >= 15 is 0 Å². The third kappa shape index (κ3) is 3.53. The Morgan fingerprint density at radius 3 is 3.07 bits per heavy atom. The maximum Gasteiger partial charge on any atom is 0.303 e. The maximum atomic E-state index is 10.2. The van der Waals surface area contributed by atoms with Gasteiger partial charge in [-0.05, 0) is 6.92 Å². The van der Waals surface area contributed by atoms with Gasteiger partial charge in [-0.1, -0.05) is 5.16 Å². The first-order valence-corrected chi connectivity index (χ1v) is 4.33. The number of aryl methyl sites for hydroxylation is 1. The first kappa shape index (κ1) is 10.6. The van der Waals surface area contributed by atoms with E-state index in [0.717, 1.165) is 0 Å².